The molecule has 6 nitrogen and oxygen atoms in total. The molecule has 0 unspecified atom stereocenters. The Balaban J connectivity index is 1.71. The van der Waals surface area contributed by atoms with Crippen LogP contribution in [0.1, 0.15) is 51.0 Å². The van der Waals surface area contributed by atoms with Crippen LogP contribution in [0.5, 0.6) is 0 Å². The topological polar surface area (TPSA) is 64.1 Å². The molecule has 1 aromatic rings. The molecule has 1 saturated carbocycles. The van der Waals surface area contributed by atoms with Crippen LogP contribution < -0.4 is 0 Å². The highest BCUT2D eigenvalue weighted by molar-refractivity contribution is 6.30. The van der Waals surface area contributed by atoms with Gasteiger partial charge in [-0.15, -0.1) is 0 Å². The number of likely N-dealkylation sites (tertiary alicyclic amines) is 1. The molecule has 1 heterocycles. The highest BCUT2D eigenvalue weighted by Crippen LogP contribution is 2.29. The number of carbonyl (C=O) groups is 2. The van der Waals surface area contributed by atoms with Gasteiger partial charge in [0.05, 0.1) is 24.6 Å². The highest BCUT2D eigenvalue weighted by atomic mass is 35.5. The lowest BCUT2D eigenvalue weighted by Gasteiger charge is -2.40. The summed E-state index contributed by atoms with van der Waals surface area (Å²) in [6, 6.07) is 7.65. The predicted octanol–water partition coefficient (Wildman–Crippen LogP) is 3.20. The van der Waals surface area contributed by atoms with Gasteiger partial charge in [0.25, 0.3) is 0 Å². The molecule has 2 aliphatic rings. The third kappa shape index (κ3) is 6.03. The standard InChI is InChI=1S/C25H38ClN3O3/c1-18(17-30)24(31)29(21-7-5-4-6-8-21)22-13-14-28(16-22)25(32)23(27(2)3)15-19-9-11-20(26)12-10-19/h9-12,18,21-23,30H,4-8,13-17H2,1-3H3/t18-,22+,23-/m1/s1. The van der Waals surface area contributed by atoms with E-state index in [0.717, 1.165) is 37.7 Å². The molecule has 0 aromatic heterocycles. The maximum Gasteiger partial charge on any atom is 0.240 e. The molecule has 1 aliphatic heterocycles. The maximum absolute atomic E-state index is 13.5. The van der Waals surface area contributed by atoms with Crippen molar-refractivity contribution in [3.05, 3.63) is 34.9 Å². The molecule has 0 spiro atoms. The van der Waals surface area contributed by atoms with E-state index in [1.165, 1.54) is 6.42 Å². The zero-order valence-corrected chi connectivity index (χ0v) is 20.4. The average molecular weight is 464 g/mol. The lowest BCUT2D eigenvalue weighted by molar-refractivity contribution is -0.143. The Bertz CT molecular complexity index is 764. The second kappa shape index (κ2) is 11.5. The molecule has 1 aromatic carbocycles. The predicted molar refractivity (Wildman–Crippen MR) is 128 cm³/mol. The van der Waals surface area contributed by atoms with E-state index in [0.29, 0.717) is 24.5 Å². The van der Waals surface area contributed by atoms with Gasteiger partial charge < -0.3 is 14.9 Å². The van der Waals surface area contributed by atoms with Gasteiger partial charge in [-0.1, -0.05) is 49.9 Å². The summed E-state index contributed by atoms with van der Waals surface area (Å²) in [5.41, 5.74) is 1.08. The number of amides is 2. The van der Waals surface area contributed by atoms with Crippen LogP contribution in [0.25, 0.3) is 0 Å². The molecule has 1 aliphatic carbocycles. The Morgan fingerprint density at radius 2 is 1.75 bits per heavy atom. The van der Waals surface area contributed by atoms with E-state index in [-0.39, 0.29) is 36.5 Å². The van der Waals surface area contributed by atoms with Crippen molar-refractivity contribution in [2.45, 2.75) is 70.0 Å². The largest absolute Gasteiger partial charge is 0.396 e. The Morgan fingerprint density at radius 3 is 2.34 bits per heavy atom. The number of hydrogen-bond donors (Lipinski definition) is 1. The van der Waals surface area contributed by atoms with E-state index in [2.05, 4.69) is 0 Å². The van der Waals surface area contributed by atoms with Crippen molar-refractivity contribution in [3.63, 3.8) is 0 Å². The first-order valence-corrected chi connectivity index (χ1v) is 12.3. The summed E-state index contributed by atoms with van der Waals surface area (Å²) in [6.07, 6.45) is 6.96. The summed E-state index contributed by atoms with van der Waals surface area (Å²) < 4.78 is 0. The van der Waals surface area contributed by atoms with Crippen LogP contribution >= 0.6 is 11.6 Å². The third-order valence-corrected chi connectivity index (χ3v) is 7.29. The van der Waals surface area contributed by atoms with Gasteiger partial charge in [-0.2, -0.15) is 0 Å². The highest BCUT2D eigenvalue weighted by Gasteiger charge is 2.39. The Hall–Kier alpha value is -1.63. The van der Waals surface area contributed by atoms with Gasteiger partial charge in [-0.3, -0.25) is 14.5 Å². The second-order valence-corrected chi connectivity index (χ2v) is 10.1. The van der Waals surface area contributed by atoms with Crippen LogP contribution in [0.3, 0.4) is 0 Å². The fraction of sp³-hybridized carbons (Fsp3) is 0.680. The van der Waals surface area contributed by atoms with Gasteiger partial charge in [0.1, 0.15) is 0 Å². The molecule has 32 heavy (non-hydrogen) atoms. The van der Waals surface area contributed by atoms with Crippen LogP contribution in [0.4, 0.5) is 0 Å². The molecule has 3 rings (SSSR count). The normalized spacial score (nSPS) is 21.6. The molecule has 3 atom stereocenters. The first-order valence-electron chi connectivity index (χ1n) is 11.9. The fourth-order valence-electron chi connectivity index (χ4n) is 5.06. The zero-order valence-electron chi connectivity index (χ0n) is 19.7. The number of likely N-dealkylation sites (N-methyl/N-ethyl adjacent to an activating group) is 1. The van der Waals surface area contributed by atoms with Crippen molar-refractivity contribution in [1.29, 1.82) is 0 Å². The molecular weight excluding hydrogens is 426 g/mol. The van der Waals surface area contributed by atoms with Gasteiger partial charge in [0.15, 0.2) is 0 Å². The molecule has 178 valence electrons. The summed E-state index contributed by atoms with van der Waals surface area (Å²) in [7, 11) is 3.87. The second-order valence-electron chi connectivity index (χ2n) is 9.66. The van der Waals surface area contributed by atoms with Gasteiger partial charge in [-0.05, 0) is 57.5 Å². The molecule has 2 amide bonds. The summed E-state index contributed by atoms with van der Waals surface area (Å²) in [5.74, 6) is -0.260. The van der Waals surface area contributed by atoms with Crippen molar-refractivity contribution in [1.82, 2.24) is 14.7 Å². The summed E-state index contributed by atoms with van der Waals surface area (Å²) in [4.78, 5) is 32.6. The Labute approximate surface area is 197 Å². The van der Waals surface area contributed by atoms with Gasteiger partial charge in [0.2, 0.25) is 11.8 Å². The van der Waals surface area contributed by atoms with E-state index in [1.807, 2.05) is 53.1 Å². The minimum Gasteiger partial charge on any atom is -0.396 e. The lowest BCUT2D eigenvalue weighted by atomic mass is 9.92. The van der Waals surface area contributed by atoms with Crippen molar-refractivity contribution in [2.24, 2.45) is 5.92 Å². The Morgan fingerprint density at radius 1 is 1.09 bits per heavy atom. The van der Waals surface area contributed by atoms with E-state index >= 15 is 0 Å². The van der Waals surface area contributed by atoms with Crippen LogP contribution in [-0.4, -0.2) is 83.5 Å². The van der Waals surface area contributed by atoms with Gasteiger partial charge in [0, 0.05) is 24.2 Å². The molecule has 2 fully saturated rings. The van der Waals surface area contributed by atoms with E-state index in [4.69, 9.17) is 11.6 Å². The number of halogens is 1. The molecule has 1 saturated heterocycles. The molecule has 1 N–H and O–H groups in total. The Kier molecular flexibility index (Phi) is 8.97. The van der Waals surface area contributed by atoms with Crippen molar-refractivity contribution in [3.8, 4) is 0 Å². The minimum atomic E-state index is -0.402. The lowest BCUT2D eigenvalue weighted by Crippen LogP contribution is -2.52. The zero-order chi connectivity index (χ0) is 23.3. The number of benzene rings is 1. The number of hydrogen-bond acceptors (Lipinski definition) is 4. The quantitative estimate of drug-likeness (QED) is 0.643. The average Bonchev–Trinajstić information content (AvgIpc) is 3.28. The smallest absolute Gasteiger partial charge is 0.240 e. The maximum atomic E-state index is 13.5. The first kappa shape index (κ1) is 25.0. The number of carbonyl (C=O) groups excluding carboxylic acids is 2. The van der Waals surface area contributed by atoms with Crippen molar-refractivity contribution in [2.75, 3.05) is 33.8 Å². The molecule has 0 bridgehead atoms. The minimum absolute atomic E-state index is 0.0295. The first-order chi connectivity index (χ1) is 15.3. The van der Waals surface area contributed by atoms with Gasteiger partial charge in [-0.25, -0.2) is 0 Å². The summed E-state index contributed by atoms with van der Waals surface area (Å²) >= 11 is 6.01. The van der Waals surface area contributed by atoms with Gasteiger partial charge >= 0.3 is 0 Å². The van der Waals surface area contributed by atoms with Crippen LogP contribution in [0.2, 0.25) is 5.02 Å². The molecule has 7 heteroatoms. The number of nitrogens with zero attached hydrogens (tertiary/aromatic N) is 3. The van der Waals surface area contributed by atoms with E-state index in [9.17, 15) is 14.7 Å². The summed E-state index contributed by atoms with van der Waals surface area (Å²) in [5, 5.41) is 10.3. The molecular formula is C25H38ClN3O3. The monoisotopic (exact) mass is 463 g/mol. The van der Waals surface area contributed by atoms with Crippen LogP contribution in [0.15, 0.2) is 24.3 Å². The number of rotatable bonds is 8. The van der Waals surface area contributed by atoms with E-state index in [1.54, 1.807) is 6.92 Å². The van der Waals surface area contributed by atoms with Crippen LogP contribution in [-0.2, 0) is 16.0 Å². The summed E-state index contributed by atoms with van der Waals surface area (Å²) in [6.45, 7) is 2.90. The number of aliphatic hydroxyl groups excluding tert-OH is 1. The number of aliphatic hydroxyl groups is 1. The van der Waals surface area contributed by atoms with E-state index < -0.39 is 5.92 Å². The SMILES string of the molecule is C[C@H](CO)C(=O)N(C1CCCCC1)[C@H]1CCN(C(=O)[C@@H](Cc2ccc(Cl)cc2)N(C)C)C1. The van der Waals surface area contributed by atoms with Crippen LogP contribution in [0, 0.1) is 5.92 Å². The van der Waals surface area contributed by atoms with Crippen molar-refractivity contribution >= 4 is 23.4 Å². The third-order valence-electron chi connectivity index (χ3n) is 7.04. The fourth-order valence-corrected chi connectivity index (χ4v) is 5.19. The molecule has 0 radical (unpaired) electrons. The van der Waals surface area contributed by atoms with Crippen molar-refractivity contribution < 1.29 is 14.7 Å².